The summed E-state index contributed by atoms with van der Waals surface area (Å²) in [6.07, 6.45) is 1.30. The number of nitrogens with zero attached hydrogens (tertiary/aromatic N) is 3. The molecule has 0 aliphatic rings. The Hall–Kier alpha value is -3.67. The molecule has 6 heteroatoms. The van der Waals surface area contributed by atoms with Gasteiger partial charge in [-0.3, -0.25) is 0 Å². The summed E-state index contributed by atoms with van der Waals surface area (Å²) in [4.78, 5) is 16.4. The largest absolute Gasteiger partial charge is 0.512 e. The molecular weight excluding hydrogens is 354 g/mol. The Morgan fingerprint density at radius 1 is 1.14 bits per heavy atom. The maximum absolute atomic E-state index is 12.0. The first kappa shape index (κ1) is 19.1. The predicted molar refractivity (Wildman–Crippen MR) is 109 cm³/mol. The molecule has 0 spiro atoms. The van der Waals surface area contributed by atoms with E-state index in [9.17, 15) is 9.90 Å². The van der Waals surface area contributed by atoms with Crippen LogP contribution in [-0.2, 0) is 9.53 Å². The van der Waals surface area contributed by atoms with Crippen molar-refractivity contribution in [2.75, 3.05) is 6.61 Å². The number of aliphatic imine (C=N–C) groups is 1. The van der Waals surface area contributed by atoms with E-state index in [4.69, 9.17) is 4.74 Å². The van der Waals surface area contributed by atoms with E-state index in [1.165, 1.54) is 13.1 Å². The van der Waals surface area contributed by atoms with Gasteiger partial charge in [0.25, 0.3) is 0 Å². The van der Waals surface area contributed by atoms with Gasteiger partial charge in [-0.1, -0.05) is 48.5 Å². The van der Waals surface area contributed by atoms with E-state index in [-0.39, 0.29) is 17.9 Å². The van der Waals surface area contributed by atoms with Crippen molar-refractivity contribution in [1.29, 1.82) is 0 Å². The number of carbonyl (C=O) groups is 1. The number of aliphatic hydroxyl groups excluding tert-OH is 1. The molecule has 3 rings (SSSR count). The molecule has 0 saturated heterocycles. The lowest BCUT2D eigenvalue weighted by atomic mass is 10.2. The number of hydrogen-bond donors (Lipinski definition) is 1. The van der Waals surface area contributed by atoms with E-state index in [0.29, 0.717) is 5.82 Å². The number of hydrogen-bond acceptors (Lipinski definition) is 5. The van der Waals surface area contributed by atoms with E-state index in [2.05, 4.69) is 10.1 Å². The third-order valence-electron chi connectivity index (χ3n) is 3.97. The van der Waals surface area contributed by atoms with Crippen LogP contribution < -0.4 is 0 Å². The first-order chi connectivity index (χ1) is 13.6. The van der Waals surface area contributed by atoms with Gasteiger partial charge in [0.05, 0.1) is 18.0 Å². The molecule has 1 heterocycles. The number of aromatic nitrogens is 2. The molecule has 0 radical (unpaired) electrons. The minimum Gasteiger partial charge on any atom is -0.512 e. The molecule has 142 valence electrons. The van der Waals surface area contributed by atoms with Crippen molar-refractivity contribution in [1.82, 2.24) is 9.78 Å². The van der Waals surface area contributed by atoms with Crippen molar-refractivity contribution in [2.45, 2.75) is 13.8 Å². The second-order valence-corrected chi connectivity index (χ2v) is 5.98. The summed E-state index contributed by atoms with van der Waals surface area (Å²) in [5, 5.41) is 14.5. The maximum Gasteiger partial charge on any atom is 0.343 e. The van der Waals surface area contributed by atoms with Crippen LogP contribution in [0, 0.1) is 0 Å². The molecule has 2 aromatic carbocycles. The Labute approximate surface area is 163 Å². The zero-order valence-electron chi connectivity index (χ0n) is 15.7. The highest BCUT2D eigenvalue weighted by atomic mass is 16.5. The van der Waals surface area contributed by atoms with E-state index in [1.807, 2.05) is 66.7 Å². The lowest BCUT2D eigenvalue weighted by molar-refractivity contribution is -0.138. The van der Waals surface area contributed by atoms with Crippen molar-refractivity contribution in [3.63, 3.8) is 0 Å². The molecule has 0 amide bonds. The highest BCUT2D eigenvalue weighted by molar-refractivity contribution is 6.10. The lowest BCUT2D eigenvalue weighted by Gasteiger charge is -2.05. The van der Waals surface area contributed by atoms with Crippen LogP contribution in [0.5, 0.6) is 0 Å². The van der Waals surface area contributed by atoms with E-state index >= 15 is 0 Å². The number of rotatable bonds is 6. The van der Waals surface area contributed by atoms with Crippen LogP contribution in [0.1, 0.15) is 13.8 Å². The number of para-hydroxylation sites is 1. The van der Waals surface area contributed by atoms with Gasteiger partial charge in [0.15, 0.2) is 5.82 Å². The highest BCUT2D eigenvalue weighted by Crippen LogP contribution is 2.26. The molecule has 0 fully saturated rings. The smallest absolute Gasteiger partial charge is 0.343 e. The topological polar surface area (TPSA) is 76.7 Å². The number of benzene rings is 2. The fraction of sp³-hybridized carbons (Fsp3) is 0.136. The number of esters is 1. The van der Waals surface area contributed by atoms with Gasteiger partial charge < -0.3 is 9.84 Å². The fourth-order valence-electron chi connectivity index (χ4n) is 2.61. The molecule has 0 aliphatic heterocycles. The van der Waals surface area contributed by atoms with E-state index < -0.39 is 5.97 Å². The summed E-state index contributed by atoms with van der Waals surface area (Å²) < 4.78 is 6.66. The van der Waals surface area contributed by atoms with Crippen LogP contribution in [0.25, 0.3) is 16.9 Å². The Bertz CT molecular complexity index is 1000. The van der Waals surface area contributed by atoms with Crippen LogP contribution in [0.15, 0.2) is 83.1 Å². The first-order valence-corrected chi connectivity index (χ1v) is 8.92. The van der Waals surface area contributed by atoms with Gasteiger partial charge in [-0.25, -0.2) is 14.5 Å². The monoisotopic (exact) mass is 375 g/mol. The predicted octanol–water partition coefficient (Wildman–Crippen LogP) is 4.64. The lowest BCUT2D eigenvalue weighted by Crippen LogP contribution is -2.10. The molecule has 0 saturated carbocycles. The summed E-state index contributed by atoms with van der Waals surface area (Å²) in [5.41, 5.74) is 2.54. The maximum atomic E-state index is 12.0. The molecule has 1 aromatic heterocycles. The Morgan fingerprint density at radius 3 is 2.39 bits per heavy atom. The minimum atomic E-state index is -0.625. The normalized spacial score (nSPS) is 12.1. The number of carbonyl (C=O) groups excluding carboxylic acids is 1. The summed E-state index contributed by atoms with van der Waals surface area (Å²) in [7, 11) is 0. The quantitative estimate of drug-likeness (QED) is 0.295. The van der Waals surface area contributed by atoms with Crippen LogP contribution >= 0.6 is 0 Å². The van der Waals surface area contributed by atoms with Crippen LogP contribution in [0.3, 0.4) is 0 Å². The number of aliphatic hydroxyl groups is 1. The van der Waals surface area contributed by atoms with Crippen molar-refractivity contribution < 1.29 is 14.6 Å². The van der Waals surface area contributed by atoms with Crippen molar-refractivity contribution in [3.05, 3.63) is 78.1 Å². The third kappa shape index (κ3) is 4.35. The van der Waals surface area contributed by atoms with E-state index in [0.717, 1.165) is 16.9 Å². The second-order valence-electron chi connectivity index (χ2n) is 5.98. The number of ether oxygens (including phenoxy) is 1. The Morgan fingerprint density at radius 2 is 1.79 bits per heavy atom. The molecule has 28 heavy (non-hydrogen) atoms. The molecule has 0 atom stereocenters. The standard InChI is InChI=1S/C22H21N3O3/c1-3-28-22(27)19(16(2)26)15-23-21-14-20(17-10-6-4-7-11-17)24-25(21)18-12-8-5-9-13-18/h4-15,26H,3H2,1-2H3. The Kier molecular flexibility index (Phi) is 6.01. The summed E-state index contributed by atoms with van der Waals surface area (Å²) in [6.45, 7) is 3.34. The Balaban J connectivity index is 2.05. The van der Waals surface area contributed by atoms with Gasteiger partial charge >= 0.3 is 5.97 Å². The van der Waals surface area contributed by atoms with Crippen LogP contribution in [-0.4, -0.2) is 33.7 Å². The summed E-state index contributed by atoms with van der Waals surface area (Å²) in [6, 6.07) is 21.2. The SMILES string of the molecule is CCOC(=O)C(C=Nc1cc(-c2ccccc2)nn1-c1ccccc1)=C(C)O. The zero-order chi connectivity index (χ0) is 19.9. The van der Waals surface area contributed by atoms with Crippen LogP contribution in [0.2, 0.25) is 0 Å². The highest BCUT2D eigenvalue weighted by Gasteiger charge is 2.14. The molecular formula is C22H21N3O3. The van der Waals surface area contributed by atoms with Gasteiger partial charge in [-0.2, -0.15) is 5.10 Å². The molecule has 1 N–H and O–H groups in total. The van der Waals surface area contributed by atoms with Gasteiger partial charge in [-0.15, -0.1) is 0 Å². The van der Waals surface area contributed by atoms with Crippen molar-refractivity contribution >= 4 is 18.0 Å². The van der Waals surface area contributed by atoms with Crippen molar-refractivity contribution in [2.24, 2.45) is 4.99 Å². The van der Waals surface area contributed by atoms with Crippen LogP contribution in [0.4, 0.5) is 5.82 Å². The average molecular weight is 375 g/mol. The summed E-state index contributed by atoms with van der Waals surface area (Å²) in [5.74, 6) is -0.260. The summed E-state index contributed by atoms with van der Waals surface area (Å²) >= 11 is 0. The fourth-order valence-corrected chi connectivity index (χ4v) is 2.61. The van der Waals surface area contributed by atoms with Crippen molar-refractivity contribution in [3.8, 4) is 16.9 Å². The molecule has 0 unspecified atom stereocenters. The molecule has 6 nitrogen and oxygen atoms in total. The van der Waals surface area contributed by atoms with Gasteiger partial charge in [0.2, 0.25) is 0 Å². The zero-order valence-corrected chi connectivity index (χ0v) is 15.7. The average Bonchev–Trinajstić information content (AvgIpc) is 3.14. The van der Waals surface area contributed by atoms with E-state index in [1.54, 1.807) is 11.6 Å². The third-order valence-corrected chi connectivity index (χ3v) is 3.97. The van der Waals surface area contributed by atoms with Gasteiger partial charge in [-0.05, 0) is 26.0 Å². The molecule has 0 aliphatic carbocycles. The van der Waals surface area contributed by atoms with Gasteiger partial charge in [0, 0.05) is 17.8 Å². The minimum absolute atomic E-state index is 0.00363. The number of allylic oxidation sites excluding steroid dienone is 1. The molecule has 0 bridgehead atoms. The second kappa shape index (κ2) is 8.81. The first-order valence-electron chi connectivity index (χ1n) is 8.92. The molecule has 3 aromatic rings. The van der Waals surface area contributed by atoms with Gasteiger partial charge in [0.1, 0.15) is 11.3 Å².